The lowest BCUT2D eigenvalue weighted by Gasteiger charge is -2.13. The van der Waals surface area contributed by atoms with Crippen molar-refractivity contribution in [2.45, 2.75) is 32.9 Å². The van der Waals surface area contributed by atoms with Crippen LogP contribution in [0.15, 0.2) is 12.3 Å². The number of nitrogens with two attached hydrogens (primary N) is 2. The monoisotopic (exact) mass is 239 g/mol. The van der Waals surface area contributed by atoms with Crippen LogP contribution in [0.2, 0.25) is 0 Å². The van der Waals surface area contributed by atoms with Crippen LogP contribution in [-0.2, 0) is 16.1 Å². The molecule has 0 radical (unpaired) electrons. The van der Waals surface area contributed by atoms with Gasteiger partial charge in [-0.3, -0.25) is 4.79 Å². The molecular weight excluding hydrogens is 222 g/mol. The summed E-state index contributed by atoms with van der Waals surface area (Å²) in [5, 5.41) is 0. The molecule has 1 rings (SSSR count). The zero-order valence-corrected chi connectivity index (χ0v) is 9.97. The molecule has 0 saturated heterocycles. The third-order valence-electron chi connectivity index (χ3n) is 2.40. The van der Waals surface area contributed by atoms with Crippen LogP contribution in [0.4, 0.5) is 5.69 Å². The zero-order chi connectivity index (χ0) is 13.0. The maximum absolute atomic E-state index is 11.8. The summed E-state index contributed by atoms with van der Waals surface area (Å²) in [4.78, 5) is 22.8. The van der Waals surface area contributed by atoms with Crippen molar-refractivity contribution < 1.29 is 14.3 Å². The molecule has 6 heteroatoms. The van der Waals surface area contributed by atoms with Crippen molar-refractivity contribution in [3.8, 4) is 0 Å². The molecule has 0 fully saturated rings. The fourth-order valence-corrected chi connectivity index (χ4v) is 1.50. The number of anilines is 1. The fourth-order valence-electron chi connectivity index (χ4n) is 1.50. The van der Waals surface area contributed by atoms with Gasteiger partial charge in [0.25, 0.3) is 5.91 Å². The number of hydrogen-bond acceptors (Lipinski definition) is 4. The first kappa shape index (κ1) is 13.1. The quantitative estimate of drug-likeness (QED) is 0.731. The highest BCUT2D eigenvalue weighted by Crippen LogP contribution is 2.13. The Morgan fingerprint density at radius 2 is 2.12 bits per heavy atom. The standard InChI is InChI=1S/C11H17N3O3/c1-3-9(10(13)15)17-11(16)8-5-7(12)6-14(8)4-2/h5-6,9H,3-4,12H2,1-2H3,(H2,13,15). The molecule has 0 aliphatic carbocycles. The number of rotatable bonds is 5. The van der Waals surface area contributed by atoms with Gasteiger partial charge in [-0.2, -0.15) is 0 Å². The summed E-state index contributed by atoms with van der Waals surface area (Å²) >= 11 is 0. The van der Waals surface area contributed by atoms with Crippen molar-refractivity contribution in [2.75, 3.05) is 5.73 Å². The minimum absolute atomic E-state index is 0.324. The van der Waals surface area contributed by atoms with E-state index in [9.17, 15) is 9.59 Å². The average molecular weight is 239 g/mol. The Hall–Kier alpha value is -1.98. The Balaban J connectivity index is 2.85. The number of hydrogen-bond donors (Lipinski definition) is 2. The molecule has 1 aromatic heterocycles. The Kier molecular flexibility index (Phi) is 4.14. The van der Waals surface area contributed by atoms with Gasteiger partial charge in [-0.1, -0.05) is 6.92 Å². The number of nitrogen functional groups attached to an aromatic ring is 1. The minimum atomic E-state index is -0.899. The van der Waals surface area contributed by atoms with Crippen molar-refractivity contribution in [3.05, 3.63) is 18.0 Å². The van der Waals surface area contributed by atoms with Crippen molar-refractivity contribution in [2.24, 2.45) is 5.73 Å². The number of aryl methyl sites for hydroxylation is 1. The summed E-state index contributed by atoms with van der Waals surface area (Å²) in [6.07, 6.45) is 1.09. The van der Waals surface area contributed by atoms with Crippen LogP contribution in [0.25, 0.3) is 0 Å². The molecule has 17 heavy (non-hydrogen) atoms. The van der Waals surface area contributed by atoms with E-state index in [-0.39, 0.29) is 0 Å². The average Bonchev–Trinajstić information content (AvgIpc) is 2.66. The van der Waals surface area contributed by atoms with E-state index in [0.717, 1.165) is 0 Å². The molecule has 0 aromatic carbocycles. The first-order chi connectivity index (χ1) is 7.99. The molecular formula is C11H17N3O3. The van der Waals surface area contributed by atoms with Gasteiger partial charge in [0.05, 0.1) is 5.69 Å². The number of amides is 1. The van der Waals surface area contributed by atoms with Gasteiger partial charge in [-0.25, -0.2) is 4.79 Å². The molecule has 1 atom stereocenters. The largest absolute Gasteiger partial charge is 0.448 e. The van der Waals surface area contributed by atoms with Crippen LogP contribution in [-0.4, -0.2) is 22.5 Å². The third kappa shape index (κ3) is 2.99. The van der Waals surface area contributed by atoms with Crippen molar-refractivity contribution in [1.82, 2.24) is 4.57 Å². The first-order valence-corrected chi connectivity index (χ1v) is 5.45. The highest BCUT2D eigenvalue weighted by molar-refractivity contribution is 5.91. The SMILES string of the molecule is CCC(OC(=O)c1cc(N)cn1CC)C(N)=O. The molecule has 0 bridgehead atoms. The summed E-state index contributed by atoms with van der Waals surface area (Å²) in [6, 6.07) is 1.51. The third-order valence-corrected chi connectivity index (χ3v) is 2.40. The van der Waals surface area contributed by atoms with E-state index in [2.05, 4.69) is 0 Å². The second kappa shape index (κ2) is 5.38. The first-order valence-electron chi connectivity index (χ1n) is 5.45. The Bertz CT molecular complexity index is 426. The van der Waals surface area contributed by atoms with Gasteiger partial charge in [-0.05, 0) is 19.4 Å². The summed E-state index contributed by atoms with van der Waals surface area (Å²) in [5.41, 5.74) is 11.5. The molecule has 1 amide bonds. The number of ether oxygens (including phenoxy) is 1. The normalized spacial score (nSPS) is 12.1. The smallest absolute Gasteiger partial charge is 0.355 e. The van der Waals surface area contributed by atoms with E-state index in [0.29, 0.717) is 24.3 Å². The van der Waals surface area contributed by atoms with Crippen LogP contribution >= 0.6 is 0 Å². The minimum Gasteiger partial charge on any atom is -0.448 e. The number of esters is 1. The second-order valence-electron chi connectivity index (χ2n) is 3.65. The van der Waals surface area contributed by atoms with Crippen LogP contribution in [0.3, 0.4) is 0 Å². The van der Waals surface area contributed by atoms with Crippen molar-refractivity contribution in [3.63, 3.8) is 0 Å². The lowest BCUT2D eigenvalue weighted by Crippen LogP contribution is -2.33. The van der Waals surface area contributed by atoms with Gasteiger partial charge in [0.15, 0.2) is 6.10 Å². The van der Waals surface area contributed by atoms with E-state index >= 15 is 0 Å². The van der Waals surface area contributed by atoms with E-state index in [1.165, 1.54) is 6.07 Å². The number of carbonyl (C=O) groups excluding carboxylic acids is 2. The molecule has 1 heterocycles. The topological polar surface area (TPSA) is 100 Å². The highest BCUT2D eigenvalue weighted by atomic mass is 16.5. The molecule has 0 spiro atoms. The highest BCUT2D eigenvalue weighted by Gasteiger charge is 2.21. The molecule has 1 unspecified atom stereocenters. The van der Waals surface area contributed by atoms with Crippen molar-refractivity contribution in [1.29, 1.82) is 0 Å². The van der Waals surface area contributed by atoms with E-state index in [1.54, 1.807) is 17.7 Å². The molecule has 6 nitrogen and oxygen atoms in total. The van der Waals surface area contributed by atoms with Crippen LogP contribution in [0.1, 0.15) is 30.8 Å². The number of aromatic nitrogens is 1. The van der Waals surface area contributed by atoms with Gasteiger partial charge in [0, 0.05) is 12.7 Å². The summed E-state index contributed by atoms with van der Waals surface area (Å²) < 4.78 is 6.67. The number of nitrogens with zero attached hydrogens (tertiary/aromatic N) is 1. The van der Waals surface area contributed by atoms with Gasteiger partial charge in [-0.15, -0.1) is 0 Å². The Labute approximate surface area is 99.5 Å². The number of primary amides is 1. The molecule has 0 saturated carbocycles. The fraction of sp³-hybridized carbons (Fsp3) is 0.455. The molecule has 4 N–H and O–H groups in total. The maximum Gasteiger partial charge on any atom is 0.355 e. The molecule has 94 valence electrons. The van der Waals surface area contributed by atoms with Crippen LogP contribution in [0.5, 0.6) is 0 Å². The van der Waals surface area contributed by atoms with Gasteiger partial charge in [0.2, 0.25) is 0 Å². The van der Waals surface area contributed by atoms with Crippen molar-refractivity contribution >= 4 is 17.6 Å². The predicted molar refractivity (Wildman–Crippen MR) is 63.2 cm³/mol. The molecule has 1 aromatic rings. The summed E-state index contributed by atoms with van der Waals surface area (Å²) in [5.74, 6) is -1.24. The lowest BCUT2D eigenvalue weighted by atomic mass is 10.2. The molecule has 0 aliphatic rings. The van der Waals surface area contributed by atoms with Gasteiger partial charge in [0.1, 0.15) is 5.69 Å². The van der Waals surface area contributed by atoms with Gasteiger partial charge >= 0.3 is 5.97 Å². The van der Waals surface area contributed by atoms with Gasteiger partial charge < -0.3 is 20.8 Å². The predicted octanol–water partition coefficient (Wildman–Crippen LogP) is 0.511. The molecule has 0 aliphatic heterocycles. The van der Waals surface area contributed by atoms with Crippen LogP contribution < -0.4 is 11.5 Å². The summed E-state index contributed by atoms with van der Waals surface area (Å²) in [6.45, 7) is 4.19. The number of carbonyl (C=O) groups is 2. The van der Waals surface area contributed by atoms with Crippen LogP contribution in [0, 0.1) is 0 Å². The lowest BCUT2D eigenvalue weighted by molar-refractivity contribution is -0.126. The Morgan fingerprint density at radius 3 is 2.59 bits per heavy atom. The maximum atomic E-state index is 11.8. The van der Waals surface area contributed by atoms with E-state index in [1.807, 2.05) is 6.92 Å². The van der Waals surface area contributed by atoms with E-state index < -0.39 is 18.0 Å². The van der Waals surface area contributed by atoms with E-state index in [4.69, 9.17) is 16.2 Å². The zero-order valence-electron chi connectivity index (χ0n) is 9.97. The summed E-state index contributed by atoms with van der Waals surface area (Å²) in [7, 11) is 0. The second-order valence-corrected chi connectivity index (χ2v) is 3.65. The Morgan fingerprint density at radius 1 is 1.47 bits per heavy atom.